The monoisotopic (exact) mass is 280 g/mol. The van der Waals surface area contributed by atoms with E-state index in [2.05, 4.69) is 9.05 Å². The number of carbonyl (C=O) groups excluding carboxylic acids is 1. The van der Waals surface area contributed by atoms with Crippen LogP contribution < -0.4 is 0 Å². The third-order valence-corrected chi connectivity index (χ3v) is 4.39. The maximum Gasteiger partial charge on any atom is 0.337 e. The maximum atomic E-state index is 13.8. The van der Waals surface area contributed by atoms with Crippen molar-refractivity contribution in [1.82, 2.24) is 0 Å². The normalized spacial score (nSPS) is 16.6. The predicted octanol–water partition coefficient (Wildman–Crippen LogP) is 2.95. The minimum absolute atomic E-state index is 0.363. The lowest BCUT2D eigenvalue weighted by Gasteiger charge is -2.20. The number of rotatable bonds is 6. The molecule has 0 radical (unpaired) electrons. The van der Waals surface area contributed by atoms with E-state index < -0.39 is 25.5 Å². The topological polar surface area (TPSA) is 52.6 Å². The molecular formula is C11H15F2O4P. The predicted molar refractivity (Wildman–Crippen MR) is 62.9 cm³/mol. The molecule has 0 spiro atoms. The van der Waals surface area contributed by atoms with E-state index in [9.17, 15) is 18.1 Å². The second-order valence-electron chi connectivity index (χ2n) is 3.77. The molecule has 0 saturated heterocycles. The van der Waals surface area contributed by atoms with Gasteiger partial charge in [0.25, 0.3) is 0 Å². The molecule has 7 heteroatoms. The minimum Gasteiger partial charge on any atom is -0.312 e. The molecule has 0 N–H and O–H groups in total. The fraction of sp³-hybridized carbons (Fsp3) is 0.545. The number of hydrogen-bond acceptors (Lipinski definition) is 4. The molecule has 0 aliphatic heterocycles. The van der Waals surface area contributed by atoms with Gasteiger partial charge in [0, 0.05) is 19.8 Å². The van der Waals surface area contributed by atoms with E-state index in [0.29, 0.717) is 12.8 Å². The van der Waals surface area contributed by atoms with E-state index in [1.807, 2.05) is 0 Å². The number of ketones is 1. The van der Waals surface area contributed by atoms with Crippen molar-refractivity contribution in [3.05, 3.63) is 23.8 Å². The Morgan fingerprint density at radius 2 is 2.00 bits per heavy atom. The maximum absolute atomic E-state index is 13.8. The van der Waals surface area contributed by atoms with E-state index in [1.54, 1.807) is 6.08 Å². The van der Waals surface area contributed by atoms with E-state index in [-0.39, 0.29) is 5.57 Å². The van der Waals surface area contributed by atoms with Crippen LogP contribution in [0.3, 0.4) is 0 Å². The highest BCUT2D eigenvalue weighted by Crippen LogP contribution is 2.48. The molecule has 0 unspecified atom stereocenters. The molecule has 0 atom stereocenters. The van der Waals surface area contributed by atoms with Gasteiger partial charge in [0.15, 0.2) is 0 Å². The highest BCUT2D eigenvalue weighted by Gasteiger charge is 2.45. The Bertz CT molecular complexity index is 421. The smallest absolute Gasteiger partial charge is 0.312 e. The molecule has 18 heavy (non-hydrogen) atoms. The molecule has 0 amide bonds. The molecule has 1 rings (SSSR count). The molecular weight excluding hydrogens is 265 g/mol. The molecule has 0 bridgehead atoms. The average Bonchev–Trinajstić information content (AvgIpc) is 2.39. The molecule has 1 aliphatic carbocycles. The molecule has 0 saturated carbocycles. The van der Waals surface area contributed by atoms with Gasteiger partial charge >= 0.3 is 13.5 Å². The van der Waals surface area contributed by atoms with Crippen molar-refractivity contribution in [2.75, 3.05) is 20.4 Å². The van der Waals surface area contributed by atoms with E-state index in [4.69, 9.17) is 0 Å². The molecule has 0 aromatic carbocycles. The fourth-order valence-corrected chi connectivity index (χ4v) is 2.44. The summed E-state index contributed by atoms with van der Waals surface area (Å²) in [5.41, 5.74) is -0.363. The van der Waals surface area contributed by atoms with Crippen molar-refractivity contribution >= 4 is 13.4 Å². The van der Waals surface area contributed by atoms with Crippen LogP contribution >= 0.6 is 7.60 Å². The van der Waals surface area contributed by atoms with Crippen LogP contribution in [0.15, 0.2) is 23.8 Å². The Balaban J connectivity index is 2.86. The van der Waals surface area contributed by atoms with Crippen molar-refractivity contribution in [3.8, 4) is 0 Å². The Morgan fingerprint density at radius 1 is 1.39 bits per heavy atom. The average molecular weight is 280 g/mol. The summed E-state index contributed by atoms with van der Waals surface area (Å²) in [6.45, 7) is 0. The fourth-order valence-electron chi connectivity index (χ4n) is 1.49. The van der Waals surface area contributed by atoms with E-state index in [1.165, 1.54) is 12.2 Å². The van der Waals surface area contributed by atoms with Crippen LogP contribution in [0.25, 0.3) is 0 Å². The van der Waals surface area contributed by atoms with Gasteiger partial charge in [0.2, 0.25) is 5.78 Å². The van der Waals surface area contributed by atoms with Crippen molar-refractivity contribution in [3.63, 3.8) is 0 Å². The minimum atomic E-state index is -3.77. The molecule has 0 aromatic rings. The Labute approximate surface area is 104 Å². The third-order valence-electron chi connectivity index (χ3n) is 2.60. The van der Waals surface area contributed by atoms with Crippen LogP contribution in [0, 0.1) is 0 Å². The van der Waals surface area contributed by atoms with Gasteiger partial charge in [-0.05, 0) is 12.8 Å². The SMILES string of the molecule is COP(=O)(CC(=O)C(F)(F)C1=CCCC=C1)OC. The van der Waals surface area contributed by atoms with Crippen molar-refractivity contribution < 1.29 is 27.2 Å². The van der Waals surface area contributed by atoms with Crippen LogP contribution in [-0.2, 0) is 18.4 Å². The van der Waals surface area contributed by atoms with E-state index in [0.717, 1.165) is 14.2 Å². The van der Waals surface area contributed by atoms with Gasteiger partial charge in [0.1, 0.15) is 6.16 Å². The molecule has 4 nitrogen and oxygen atoms in total. The standard InChI is InChI=1S/C11H15F2O4P/c1-16-18(15,17-2)8-10(14)11(12,13)9-6-4-3-5-7-9/h4,6-7H,3,5,8H2,1-2H3. The number of halogens is 2. The van der Waals surface area contributed by atoms with Crippen LogP contribution in [0.1, 0.15) is 12.8 Å². The molecule has 1 aliphatic rings. The molecule has 0 aromatic heterocycles. The van der Waals surface area contributed by atoms with Gasteiger partial charge in [0.05, 0.1) is 0 Å². The second kappa shape index (κ2) is 5.87. The first-order chi connectivity index (χ1) is 8.35. The van der Waals surface area contributed by atoms with Gasteiger partial charge < -0.3 is 9.05 Å². The zero-order valence-electron chi connectivity index (χ0n) is 10.2. The number of carbonyl (C=O) groups is 1. The summed E-state index contributed by atoms with van der Waals surface area (Å²) in [4.78, 5) is 11.5. The van der Waals surface area contributed by atoms with Crippen LogP contribution in [0.4, 0.5) is 8.78 Å². The van der Waals surface area contributed by atoms with E-state index >= 15 is 0 Å². The lowest BCUT2D eigenvalue weighted by atomic mass is 9.99. The van der Waals surface area contributed by atoms with Gasteiger partial charge in [-0.2, -0.15) is 8.78 Å². The van der Waals surface area contributed by atoms with Crippen molar-refractivity contribution in [2.24, 2.45) is 0 Å². The summed E-state index contributed by atoms with van der Waals surface area (Å²) in [7, 11) is -1.66. The summed E-state index contributed by atoms with van der Waals surface area (Å²) in [6, 6.07) is 0. The zero-order valence-corrected chi connectivity index (χ0v) is 11.1. The van der Waals surface area contributed by atoms with Gasteiger partial charge in [-0.15, -0.1) is 0 Å². The van der Waals surface area contributed by atoms with Crippen molar-refractivity contribution in [1.29, 1.82) is 0 Å². The summed E-state index contributed by atoms with van der Waals surface area (Å²) in [6.07, 6.45) is 4.28. The van der Waals surface area contributed by atoms with Gasteiger partial charge in [-0.3, -0.25) is 9.36 Å². The summed E-state index contributed by atoms with van der Waals surface area (Å²) < 4.78 is 48.2. The third kappa shape index (κ3) is 3.34. The summed E-state index contributed by atoms with van der Waals surface area (Å²) in [5, 5.41) is 0. The highest BCUT2D eigenvalue weighted by molar-refractivity contribution is 7.54. The zero-order chi connectivity index (χ0) is 13.8. The van der Waals surface area contributed by atoms with Crippen LogP contribution in [0.5, 0.6) is 0 Å². The first-order valence-electron chi connectivity index (χ1n) is 5.34. The number of allylic oxidation sites excluding steroid dienone is 4. The quantitative estimate of drug-likeness (QED) is 0.702. The Morgan fingerprint density at radius 3 is 2.44 bits per heavy atom. The Kier molecular flexibility index (Phi) is 4.96. The first kappa shape index (κ1) is 15.2. The number of hydrogen-bond donors (Lipinski definition) is 0. The lowest BCUT2D eigenvalue weighted by Crippen LogP contribution is -2.33. The van der Waals surface area contributed by atoms with Crippen LogP contribution in [-0.4, -0.2) is 32.1 Å². The second-order valence-corrected chi connectivity index (χ2v) is 6.04. The Hall–Kier alpha value is -0.840. The number of alkyl halides is 2. The van der Waals surface area contributed by atoms with Crippen molar-refractivity contribution in [2.45, 2.75) is 18.8 Å². The van der Waals surface area contributed by atoms with Gasteiger partial charge in [-0.25, -0.2) is 0 Å². The summed E-state index contributed by atoms with van der Waals surface area (Å²) in [5.74, 6) is -5.13. The molecule has 102 valence electrons. The molecule has 0 heterocycles. The summed E-state index contributed by atoms with van der Waals surface area (Å²) >= 11 is 0. The lowest BCUT2D eigenvalue weighted by molar-refractivity contribution is -0.135. The van der Waals surface area contributed by atoms with Crippen LogP contribution in [0.2, 0.25) is 0 Å². The highest BCUT2D eigenvalue weighted by atomic mass is 31.2. The first-order valence-corrected chi connectivity index (χ1v) is 7.07. The molecule has 0 fully saturated rings. The number of Topliss-reactive ketones (excluding diaryl/α,β-unsaturated/α-hetero) is 1. The largest absolute Gasteiger partial charge is 0.337 e. The van der Waals surface area contributed by atoms with Gasteiger partial charge in [-0.1, -0.05) is 18.2 Å².